The number of ketones is 1. The number of ether oxygens (including phenoxy) is 2. The van der Waals surface area contributed by atoms with Gasteiger partial charge < -0.3 is 14.6 Å². The van der Waals surface area contributed by atoms with Crippen LogP contribution in [-0.4, -0.2) is 54.4 Å². The number of aliphatic hydroxyl groups excluding tert-OH is 1. The first-order valence-corrected chi connectivity index (χ1v) is 13.5. The van der Waals surface area contributed by atoms with Crippen LogP contribution in [0.1, 0.15) is 16.7 Å². The number of carbonyl (C=O) groups is 5. The lowest BCUT2D eigenvalue weighted by molar-refractivity contribution is -0.139. The molecule has 3 aromatic carbocycles. The van der Waals surface area contributed by atoms with Crippen LogP contribution in [0.4, 0.5) is 11.4 Å². The molecule has 1 atom stereocenters. The van der Waals surface area contributed by atoms with E-state index in [2.05, 4.69) is 0 Å². The van der Waals surface area contributed by atoms with Gasteiger partial charge in [-0.05, 0) is 49.8 Å². The number of amides is 2. The highest BCUT2D eigenvalue weighted by Gasteiger charge is 2.70. The van der Waals surface area contributed by atoms with Gasteiger partial charge in [-0.25, -0.2) is 9.59 Å². The van der Waals surface area contributed by atoms with Gasteiger partial charge in [0.2, 0.25) is 0 Å². The fourth-order valence-electron chi connectivity index (χ4n) is 5.44. The van der Waals surface area contributed by atoms with Gasteiger partial charge in [0.15, 0.2) is 17.1 Å². The molecule has 2 heterocycles. The standard InChI is InChI=1S/C34H28N2O8/c1-20-10-15-23(16-11-20)35-28(32(41)44-4)27(31(40)43-3)34(33(35)42)26(25(37)19-14-22-8-6-5-7-9-22)29(38)30(39)36(34)24-17-12-21(2)13-18-24/h5-19,38H,1-4H3. The third-order valence-corrected chi connectivity index (χ3v) is 7.50. The van der Waals surface area contributed by atoms with Crippen LogP contribution in [0.5, 0.6) is 0 Å². The minimum absolute atomic E-state index is 0.0757. The molecule has 0 bridgehead atoms. The fraction of sp³-hybridized carbons (Fsp3) is 0.147. The molecule has 0 radical (unpaired) electrons. The average molecular weight is 593 g/mol. The maximum atomic E-state index is 15.0. The number of aliphatic hydroxyl groups is 1. The zero-order chi connectivity index (χ0) is 31.8. The normalized spacial score (nSPS) is 18.2. The van der Waals surface area contributed by atoms with Crippen LogP contribution in [0.25, 0.3) is 6.08 Å². The monoisotopic (exact) mass is 592 g/mol. The minimum Gasteiger partial charge on any atom is -0.503 e. The van der Waals surface area contributed by atoms with Gasteiger partial charge in [0, 0.05) is 11.4 Å². The zero-order valence-corrected chi connectivity index (χ0v) is 24.4. The topological polar surface area (TPSA) is 131 Å². The number of allylic oxidation sites excluding steroid dienone is 1. The number of hydrogen-bond donors (Lipinski definition) is 1. The molecule has 2 amide bonds. The Bertz CT molecular complexity index is 1790. The molecule has 2 aliphatic heterocycles. The first-order valence-electron chi connectivity index (χ1n) is 13.5. The molecule has 0 fully saturated rings. The Hall–Kier alpha value is -5.77. The van der Waals surface area contributed by atoms with Gasteiger partial charge >= 0.3 is 11.9 Å². The van der Waals surface area contributed by atoms with E-state index in [4.69, 9.17) is 9.47 Å². The van der Waals surface area contributed by atoms with Crippen molar-refractivity contribution in [3.05, 3.63) is 124 Å². The highest BCUT2D eigenvalue weighted by Crippen LogP contribution is 2.52. The van der Waals surface area contributed by atoms with Crippen LogP contribution in [0.2, 0.25) is 0 Å². The first-order chi connectivity index (χ1) is 21.1. The van der Waals surface area contributed by atoms with Gasteiger partial charge in [0.1, 0.15) is 11.3 Å². The second-order valence-electron chi connectivity index (χ2n) is 10.2. The van der Waals surface area contributed by atoms with E-state index in [0.29, 0.717) is 5.56 Å². The Labute approximate surface area is 253 Å². The van der Waals surface area contributed by atoms with Crippen molar-refractivity contribution in [3.63, 3.8) is 0 Å². The van der Waals surface area contributed by atoms with Gasteiger partial charge in [-0.3, -0.25) is 24.2 Å². The second kappa shape index (κ2) is 11.5. The molecule has 222 valence electrons. The number of hydrogen-bond acceptors (Lipinski definition) is 8. The Balaban J connectivity index is 1.88. The molecule has 0 aliphatic carbocycles. The van der Waals surface area contributed by atoms with Crippen molar-refractivity contribution < 1.29 is 38.6 Å². The SMILES string of the molecule is COC(=O)C1=C(C(=O)OC)C2(C(=O)N1c1ccc(C)cc1)C(C(=O)C=Cc1ccccc1)=C(O)C(=O)N2c1ccc(C)cc1. The van der Waals surface area contributed by atoms with Crippen molar-refractivity contribution >= 4 is 47.0 Å². The van der Waals surface area contributed by atoms with E-state index in [-0.39, 0.29) is 11.4 Å². The summed E-state index contributed by atoms with van der Waals surface area (Å²) in [5, 5.41) is 11.4. The minimum atomic E-state index is -2.64. The number of aryl methyl sites for hydroxylation is 2. The summed E-state index contributed by atoms with van der Waals surface area (Å²) in [6.07, 6.45) is 2.53. The summed E-state index contributed by atoms with van der Waals surface area (Å²) in [5.74, 6) is -6.47. The lowest BCUT2D eigenvalue weighted by atomic mass is 9.80. The zero-order valence-electron chi connectivity index (χ0n) is 24.4. The van der Waals surface area contributed by atoms with Crippen LogP contribution >= 0.6 is 0 Å². The van der Waals surface area contributed by atoms with Crippen molar-refractivity contribution in [1.82, 2.24) is 0 Å². The molecule has 1 unspecified atom stereocenters. The number of esters is 2. The van der Waals surface area contributed by atoms with E-state index in [1.165, 1.54) is 30.3 Å². The summed E-state index contributed by atoms with van der Waals surface area (Å²) in [6.45, 7) is 3.62. The van der Waals surface area contributed by atoms with Crippen LogP contribution in [0, 0.1) is 13.8 Å². The number of nitrogens with zero attached hydrogens (tertiary/aromatic N) is 2. The number of rotatable bonds is 7. The van der Waals surface area contributed by atoms with E-state index in [9.17, 15) is 29.1 Å². The number of benzene rings is 3. The molecule has 10 heteroatoms. The summed E-state index contributed by atoms with van der Waals surface area (Å²) >= 11 is 0. The molecule has 2 aliphatic rings. The van der Waals surface area contributed by atoms with Crippen LogP contribution < -0.4 is 9.80 Å². The van der Waals surface area contributed by atoms with Gasteiger partial charge in [0.05, 0.1) is 19.8 Å². The number of methoxy groups -OCH3 is 2. The molecule has 3 aromatic rings. The molecule has 5 rings (SSSR count). The lowest BCUT2D eigenvalue weighted by Crippen LogP contribution is -2.59. The first kappa shape index (κ1) is 29.7. The number of anilines is 2. The fourth-order valence-corrected chi connectivity index (χ4v) is 5.44. The van der Waals surface area contributed by atoms with E-state index in [1.807, 2.05) is 6.92 Å². The smallest absolute Gasteiger partial charge is 0.355 e. The second-order valence-corrected chi connectivity index (χ2v) is 10.2. The third kappa shape index (κ3) is 4.57. The van der Waals surface area contributed by atoms with Crippen molar-refractivity contribution in [2.24, 2.45) is 0 Å². The largest absolute Gasteiger partial charge is 0.503 e. The lowest BCUT2D eigenvalue weighted by Gasteiger charge is -2.36. The summed E-state index contributed by atoms with van der Waals surface area (Å²) in [7, 11) is 2.09. The molecule has 0 aromatic heterocycles. The molecule has 10 nitrogen and oxygen atoms in total. The van der Waals surface area contributed by atoms with E-state index < -0.39 is 57.7 Å². The summed E-state index contributed by atoms with van der Waals surface area (Å²) < 4.78 is 10.1. The predicted octanol–water partition coefficient (Wildman–Crippen LogP) is 4.13. The molecule has 0 saturated carbocycles. The maximum Gasteiger partial charge on any atom is 0.355 e. The van der Waals surface area contributed by atoms with E-state index >= 15 is 0 Å². The maximum absolute atomic E-state index is 15.0. The van der Waals surface area contributed by atoms with E-state index in [1.54, 1.807) is 61.5 Å². The van der Waals surface area contributed by atoms with Gasteiger partial charge in [-0.1, -0.05) is 71.8 Å². The number of carbonyl (C=O) groups excluding carboxylic acids is 5. The van der Waals surface area contributed by atoms with Crippen molar-refractivity contribution in [3.8, 4) is 0 Å². The quantitative estimate of drug-likeness (QED) is 0.320. The van der Waals surface area contributed by atoms with Crippen molar-refractivity contribution in [2.75, 3.05) is 24.0 Å². The van der Waals surface area contributed by atoms with E-state index in [0.717, 1.165) is 41.2 Å². The Morgan fingerprint density at radius 2 is 1.30 bits per heavy atom. The summed E-state index contributed by atoms with van der Waals surface area (Å²) in [4.78, 5) is 71.9. The van der Waals surface area contributed by atoms with Crippen molar-refractivity contribution in [1.29, 1.82) is 0 Å². The predicted molar refractivity (Wildman–Crippen MR) is 161 cm³/mol. The molecule has 44 heavy (non-hydrogen) atoms. The summed E-state index contributed by atoms with van der Waals surface area (Å²) in [5.41, 5.74) is -2.09. The highest BCUT2D eigenvalue weighted by molar-refractivity contribution is 6.36. The Morgan fingerprint density at radius 1 is 0.750 bits per heavy atom. The van der Waals surface area contributed by atoms with Gasteiger partial charge in [0.25, 0.3) is 11.8 Å². The van der Waals surface area contributed by atoms with Gasteiger partial charge in [-0.15, -0.1) is 0 Å². The van der Waals surface area contributed by atoms with Crippen LogP contribution in [-0.2, 0) is 33.4 Å². The molecular weight excluding hydrogens is 564 g/mol. The van der Waals surface area contributed by atoms with Crippen molar-refractivity contribution in [2.45, 2.75) is 19.4 Å². The molecular formula is C34H28N2O8. The third-order valence-electron chi connectivity index (χ3n) is 7.50. The Kier molecular flexibility index (Phi) is 7.76. The molecule has 1 N–H and O–H groups in total. The summed E-state index contributed by atoms with van der Waals surface area (Å²) in [6, 6.07) is 21.5. The van der Waals surface area contributed by atoms with Crippen LogP contribution in [0.3, 0.4) is 0 Å². The highest BCUT2D eigenvalue weighted by atomic mass is 16.5. The average Bonchev–Trinajstić information content (AvgIpc) is 3.43. The van der Waals surface area contributed by atoms with Crippen LogP contribution in [0.15, 0.2) is 108 Å². The Morgan fingerprint density at radius 3 is 1.84 bits per heavy atom. The molecule has 1 spiro atoms. The van der Waals surface area contributed by atoms with Gasteiger partial charge in [-0.2, -0.15) is 0 Å². The molecule has 0 saturated heterocycles.